The number of carbonyl (C=O) groups is 1. The summed E-state index contributed by atoms with van der Waals surface area (Å²) in [6.07, 6.45) is 3.84. The van der Waals surface area contributed by atoms with E-state index in [1.165, 1.54) is 11.3 Å². The van der Waals surface area contributed by atoms with E-state index in [0.29, 0.717) is 64.9 Å². The minimum absolute atomic E-state index is 0.0907. The van der Waals surface area contributed by atoms with Crippen molar-refractivity contribution in [1.82, 2.24) is 14.6 Å². The van der Waals surface area contributed by atoms with Gasteiger partial charge in [0.15, 0.2) is 5.76 Å². The summed E-state index contributed by atoms with van der Waals surface area (Å²) in [5.41, 5.74) is 3.27. The van der Waals surface area contributed by atoms with Crippen LogP contribution in [-0.2, 0) is 22.6 Å². The van der Waals surface area contributed by atoms with Gasteiger partial charge in [0, 0.05) is 37.7 Å². The summed E-state index contributed by atoms with van der Waals surface area (Å²) in [7, 11) is 3.19. The first kappa shape index (κ1) is 24.4. The van der Waals surface area contributed by atoms with Crippen LogP contribution in [0.2, 0.25) is 0 Å². The van der Waals surface area contributed by atoms with Crippen LogP contribution in [0.25, 0.3) is 27.4 Å². The highest BCUT2D eigenvalue weighted by molar-refractivity contribution is 7.18. The summed E-state index contributed by atoms with van der Waals surface area (Å²) < 4.78 is 30.1. The molecule has 0 aliphatic carbocycles. The predicted octanol–water partition coefficient (Wildman–Crippen LogP) is 5.34. The zero-order valence-corrected chi connectivity index (χ0v) is 22.0. The number of benzene rings is 2. The molecule has 4 heterocycles. The van der Waals surface area contributed by atoms with Crippen molar-refractivity contribution in [2.24, 2.45) is 5.92 Å². The van der Waals surface area contributed by atoms with E-state index in [1.54, 1.807) is 24.9 Å². The highest BCUT2D eigenvalue weighted by atomic mass is 32.1. The fraction of sp³-hybridized carbons (Fsp3) is 0.321. The maximum atomic E-state index is 12.7. The second-order valence-electron chi connectivity index (χ2n) is 9.21. The van der Waals surface area contributed by atoms with Gasteiger partial charge in [-0.2, -0.15) is 0 Å². The van der Waals surface area contributed by atoms with Crippen LogP contribution in [0.15, 0.2) is 53.1 Å². The van der Waals surface area contributed by atoms with E-state index < -0.39 is 0 Å². The molecule has 0 atom stereocenters. The first-order chi connectivity index (χ1) is 18.6. The average Bonchev–Trinajstić information content (AvgIpc) is 3.65. The third kappa shape index (κ3) is 4.97. The van der Waals surface area contributed by atoms with Gasteiger partial charge in [-0.05, 0) is 41.4 Å². The van der Waals surface area contributed by atoms with Gasteiger partial charge in [0.1, 0.15) is 35.2 Å². The standard InChI is InChI=1S/C28H27N3O6S/c1-33-20-12-24(36-16-18-5-3-4-17(10-18)11-23(32)19-6-8-35-9-7-19)21-14-26(37-25(21)13-20)22-15-31-27(29-22)38-28(30-31)34-2/h3-5,10,12-15,19H,6-9,11,16H2,1-2H3. The van der Waals surface area contributed by atoms with Crippen molar-refractivity contribution >= 4 is 33.1 Å². The van der Waals surface area contributed by atoms with Crippen molar-refractivity contribution in [2.75, 3.05) is 27.4 Å². The van der Waals surface area contributed by atoms with Crippen LogP contribution in [0.4, 0.5) is 0 Å². The van der Waals surface area contributed by atoms with Crippen molar-refractivity contribution in [3.05, 3.63) is 59.8 Å². The van der Waals surface area contributed by atoms with Gasteiger partial charge in [-0.3, -0.25) is 4.79 Å². The monoisotopic (exact) mass is 533 g/mol. The van der Waals surface area contributed by atoms with Crippen molar-refractivity contribution in [3.63, 3.8) is 0 Å². The van der Waals surface area contributed by atoms with E-state index in [1.807, 2.05) is 42.5 Å². The number of carbonyl (C=O) groups excluding carboxylic acids is 1. The molecule has 5 aromatic rings. The number of aromatic nitrogens is 3. The molecule has 0 amide bonds. The number of rotatable bonds is 9. The molecule has 0 unspecified atom stereocenters. The molecule has 196 valence electrons. The van der Waals surface area contributed by atoms with Crippen LogP contribution in [0.1, 0.15) is 24.0 Å². The third-order valence-electron chi connectivity index (χ3n) is 6.70. The molecule has 0 radical (unpaired) electrons. The molecule has 1 fully saturated rings. The SMILES string of the molecule is COc1cc(OCc2cccc(CC(=O)C3CCOCC3)c2)c2cc(-c3cn4nc(OC)sc4n3)oc2c1. The quantitative estimate of drug-likeness (QED) is 0.251. The van der Waals surface area contributed by atoms with Gasteiger partial charge < -0.3 is 23.4 Å². The number of hydrogen-bond acceptors (Lipinski definition) is 9. The van der Waals surface area contributed by atoms with Gasteiger partial charge in [-0.15, -0.1) is 5.10 Å². The molecule has 10 heteroatoms. The van der Waals surface area contributed by atoms with Gasteiger partial charge in [-0.1, -0.05) is 24.3 Å². The number of ketones is 1. The fourth-order valence-corrected chi connectivity index (χ4v) is 5.38. The Morgan fingerprint density at radius 2 is 1.95 bits per heavy atom. The van der Waals surface area contributed by atoms with Crippen LogP contribution < -0.4 is 14.2 Å². The summed E-state index contributed by atoms with van der Waals surface area (Å²) in [5.74, 6) is 2.23. The molecule has 3 aromatic heterocycles. The van der Waals surface area contributed by atoms with Crippen molar-refractivity contribution in [3.8, 4) is 28.1 Å². The highest BCUT2D eigenvalue weighted by Crippen LogP contribution is 2.37. The number of Topliss-reactive ketones (excluding diaryl/α,β-unsaturated/α-hetero) is 1. The molecule has 0 saturated carbocycles. The topological polar surface area (TPSA) is 97.3 Å². The molecule has 1 aliphatic heterocycles. The maximum Gasteiger partial charge on any atom is 0.294 e. The predicted molar refractivity (Wildman–Crippen MR) is 142 cm³/mol. The van der Waals surface area contributed by atoms with Crippen molar-refractivity contribution in [2.45, 2.75) is 25.9 Å². The average molecular weight is 534 g/mol. The Morgan fingerprint density at radius 1 is 1.11 bits per heavy atom. The Bertz CT molecular complexity index is 1570. The summed E-state index contributed by atoms with van der Waals surface area (Å²) in [6, 6.07) is 13.6. The summed E-state index contributed by atoms with van der Waals surface area (Å²) in [4.78, 5) is 18.1. The maximum absolute atomic E-state index is 12.7. The summed E-state index contributed by atoms with van der Waals surface area (Å²) in [6.45, 7) is 1.67. The smallest absolute Gasteiger partial charge is 0.294 e. The van der Waals surface area contributed by atoms with Crippen LogP contribution in [0.5, 0.6) is 16.7 Å². The molecule has 6 rings (SSSR count). The summed E-state index contributed by atoms with van der Waals surface area (Å²) >= 11 is 1.35. The number of hydrogen-bond donors (Lipinski definition) is 0. The van der Waals surface area contributed by atoms with E-state index in [4.69, 9.17) is 23.4 Å². The molecule has 1 aliphatic rings. The van der Waals surface area contributed by atoms with Gasteiger partial charge in [-0.25, -0.2) is 9.50 Å². The van der Waals surface area contributed by atoms with Gasteiger partial charge >= 0.3 is 0 Å². The van der Waals surface area contributed by atoms with E-state index in [9.17, 15) is 4.79 Å². The van der Waals surface area contributed by atoms with Crippen LogP contribution >= 0.6 is 11.3 Å². The van der Waals surface area contributed by atoms with E-state index >= 15 is 0 Å². The largest absolute Gasteiger partial charge is 0.496 e. The Kier molecular flexibility index (Phi) is 6.73. The first-order valence-electron chi connectivity index (χ1n) is 12.4. The highest BCUT2D eigenvalue weighted by Gasteiger charge is 2.22. The molecule has 38 heavy (non-hydrogen) atoms. The van der Waals surface area contributed by atoms with Gasteiger partial charge in [0.05, 0.1) is 25.8 Å². The Hall–Kier alpha value is -3.89. The second-order valence-corrected chi connectivity index (χ2v) is 10.1. The third-order valence-corrected chi connectivity index (χ3v) is 7.58. The zero-order valence-electron chi connectivity index (χ0n) is 21.1. The number of imidazole rings is 1. The number of furan rings is 1. The molecular formula is C28H27N3O6S. The van der Waals surface area contributed by atoms with E-state index in [2.05, 4.69) is 10.1 Å². The van der Waals surface area contributed by atoms with E-state index in [0.717, 1.165) is 29.4 Å². The lowest BCUT2D eigenvalue weighted by atomic mass is 9.91. The summed E-state index contributed by atoms with van der Waals surface area (Å²) in [5, 5.41) is 5.68. The minimum Gasteiger partial charge on any atom is -0.496 e. The number of fused-ring (bicyclic) bond motifs is 2. The van der Waals surface area contributed by atoms with Crippen LogP contribution in [-0.4, -0.2) is 47.8 Å². The number of methoxy groups -OCH3 is 2. The Labute approximate surface area is 222 Å². The Morgan fingerprint density at radius 3 is 2.74 bits per heavy atom. The molecule has 9 nitrogen and oxygen atoms in total. The molecule has 0 N–H and O–H groups in total. The minimum atomic E-state index is 0.0907. The number of ether oxygens (including phenoxy) is 4. The first-order valence-corrected chi connectivity index (χ1v) is 13.2. The van der Waals surface area contributed by atoms with E-state index in [-0.39, 0.29) is 11.7 Å². The van der Waals surface area contributed by atoms with Gasteiger partial charge in [0.25, 0.3) is 5.19 Å². The van der Waals surface area contributed by atoms with Crippen LogP contribution in [0, 0.1) is 5.92 Å². The number of nitrogens with zero attached hydrogens (tertiary/aromatic N) is 3. The molecule has 2 aromatic carbocycles. The lowest BCUT2D eigenvalue weighted by Gasteiger charge is -2.20. The molecule has 0 bridgehead atoms. The van der Waals surface area contributed by atoms with Crippen molar-refractivity contribution < 1.29 is 28.2 Å². The van der Waals surface area contributed by atoms with Gasteiger partial charge in [0.2, 0.25) is 4.96 Å². The lowest BCUT2D eigenvalue weighted by molar-refractivity contribution is -0.125. The fourth-order valence-electron chi connectivity index (χ4n) is 4.68. The molecular weight excluding hydrogens is 506 g/mol. The zero-order chi connectivity index (χ0) is 26.1. The normalized spacial score (nSPS) is 14.3. The van der Waals surface area contributed by atoms with Crippen LogP contribution in [0.3, 0.4) is 0 Å². The van der Waals surface area contributed by atoms with Crippen molar-refractivity contribution in [1.29, 1.82) is 0 Å². The molecule has 1 saturated heterocycles. The Balaban J connectivity index is 1.22. The second kappa shape index (κ2) is 10.5. The molecule has 0 spiro atoms. The lowest BCUT2D eigenvalue weighted by Crippen LogP contribution is -2.24.